The quantitative estimate of drug-likeness (QED) is 0.248. The molecule has 43 heavy (non-hydrogen) atoms. The molecule has 0 bridgehead atoms. The van der Waals surface area contributed by atoms with Crippen molar-refractivity contribution in [1.29, 1.82) is 0 Å². The lowest BCUT2D eigenvalue weighted by Crippen LogP contribution is -2.41. The Bertz CT molecular complexity index is 1700. The van der Waals surface area contributed by atoms with Crippen molar-refractivity contribution >= 4 is 58.5 Å². The zero-order valence-electron chi connectivity index (χ0n) is 22.9. The zero-order valence-corrected chi connectivity index (χ0v) is 24.5. The van der Waals surface area contributed by atoms with Crippen LogP contribution in [0, 0.1) is 5.92 Å². The van der Waals surface area contributed by atoms with Crippen LogP contribution in [-0.4, -0.2) is 62.8 Å². The molecule has 1 aromatic heterocycles. The van der Waals surface area contributed by atoms with Gasteiger partial charge in [0.25, 0.3) is 5.91 Å². The molecule has 3 heterocycles. The molecule has 3 atom stereocenters. The van der Waals surface area contributed by atoms with Gasteiger partial charge in [-0.05, 0) is 55.8 Å². The molecule has 4 N–H and O–H groups in total. The van der Waals surface area contributed by atoms with Crippen LogP contribution < -0.4 is 20.7 Å². The molecule has 0 radical (unpaired) electrons. The number of carbonyl (C=O) groups is 5. The molecule has 5 amide bonds. The third-order valence-electron chi connectivity index (χ3n) is 6.89. The van der Waals surface area contributed by atoms with E-state index in [4.69, 9.17) is 15.2 Å². The molecule has 2 aromatic carbocycles. The highest BCUT2D eigenvalue weighted by molar-refractivity contribution is 8.00. The van der Waals surface area contributed by atoms with E-state index in [0.29, 0.717) is 31.6 Å². The van der Waals surface area contributed by atoms with Gasteiger partial charge in [0.15, 0.2) is 11.5 Å². The van der Waals surface area contributed by atoms with E-state index in [1.807, 2.05) is 0 Å². The number of rotatable bonds is 8. The highest BCUT2D eigenvalue weighted by Crippen LogP contribution is 2.53. The SMILES string of the molecule is CCOC(=O)c1ccc(NC(=O)Cn2c3c(sc2=O)C(c2ccc(O)c(OCC)c2)C2C(=O)N(C(N)=O)C(=O)C2S3)cc1. The molecule has 2 aliphatic rings. The number of urea groups is 1. The molecule has 3 unspecified atom stereocenters. The molecular weight excluding hydrogens is 600 g/mol. The standard InChI is InChI=1S/C28H26N4O9S2/c1-3-40-17-11-14(7-10-16(17)33)19-20-21(24(36)32(23(20)35)27(29)38)42-25-22(19)43-28(39)31(25)12-18(34)30-15-8-5-13(6-9-15)26(37)41-4-2/h5-11,19-21,33H,3-4,12H2,1-2H3,(H2,29,38)(H,30,34). The van der Waals surface area contributed by atoms with Crippen LogP contribution in [0.5, 0.6) is 11.5 Å². The Balaban J connectivity index is 1.50. The van der Waals surface area contributed by atoms with Crippen molar-refractivity contribution in [3.8, 4) is 11.5 Å². The Morgan fingerprint density at radius 1 is 1.02 bits per heavy atom. The van der Waals surface area contributed by atoms with E-state index < -0.39 is 58.2 Å². The molecule has 0 saturated carbocycles. The van der Waals surface area contributed by atoms with Gasteiger partial charge in [-0.3, -0.25) is 23.7 Å². The average molecular weight is 627 g/mol. The van der Waals surface area contributed by atoms with E-state index in [9.17, 15) is 33.9 Å². The number of ether oxygens (including phenoxy) is 2. The lowest BCUT2D eigenvalue weighted by Gasteiger charge is -2.31. The van der Waals surface area contributed by atoms with Gasteiger partial charge in [0.2, 0.25) is 11.8 Å². The van der Waals surface area contributed by atoms with Gasteiger partial charge in [-0.15, -0.1) is 0 Å². The summed E-state index contributed by atoms with van der Waals surface area (Å²) in [5.74, 6) is -4.62. The van der Waals surface area contributed by atoms with Gasteiger partial charge in [0.1, 0.15) is 11.8 Å². The minimum absolute atomic E-state index is 0.139. The zero-order chi connectivity index (χ0) is 31.0. The first-order valence-electron chi connectivity index (χ1n) is 13.2. The molecule has 3 aromatic rings. The molecule has 13 nitrogen and oxygen atoms in total. The first kappa shape index (κ1) is 29.8. The van der Waals surface area contributed by atoms with Gasteiger partial charge in [-0.1, -0.05) is 29.2 Å². The second kappa shape index (κ2) is 11.9. The predicted molar refractivity (Wildman–Crippen MR) is 155 cm³/mol. The van der Waals surface area contributed by atoms with Crippen molar-refractivity contribution in [3.63, 3.8) is 0 Å². The van der Waals surface area contributed by atoms with Crippen molar-refractivity contribution in [2.75, 3.05) is 18.5 Å². The number of primary amides is 1. The fourth-order valence-corrected chi connectivity index (χ4v) is 7.85. The highest BCUT2D eigenvalue weighted by atomic mass is 32.2. The third-order valence-corrected chi connectivity index (χ3v) is 9.50. The molecule has 224 valence electrons. The summed E-state index contributed by atoms with van der Waals surface area (Å²) in [7, 11) is 0. The Morgan fingerprint density at radius 2 is 1.74 bits per heavy atom. The van der Waals surface area contributed by atoms with Crippen LogP contribution in [0.25, 0.3) is 0 Å². The number of thioether (sulfide) groups is 1. The number of hydrogen-bond acceptors (Lipinski definition) is 11. The second-order valence-corrected chi connectivity index (χ2v) is 11.6. The van der Waals surface area contributed by atoms with Crippen molar-refractivity contribution in [2.45, 2.75) is 36.6 Å². The number of benzene rings is 2. The number of carbonyl (C=O) groups excluding carboxylic acids is 5. The number of fused-ring (bicyclic) bond motifs is 2. The van der Waals surface area contributed by atoms with Crippen molar-refractivity contribution in [3.05, 3.63) is 68.1 Å². The summed E-state index contributed by atoms with van der Waals surface area (Å²) in [6.07, 6.45) is 0. The number of phenols is 1. The normalized spacial score (nSPS) is 19.0. The monoisotopic (exact) mass is 626 g/mol. The topological polar surface area (TPSA) is 187 Å². The fraction of sp³-hybridized carbons (Fsp3) is 0.286. The number of phenolic OH excluding ortho intramolecular Hbond substituents is 1. The van der Waals surface area contributed by atoms with Gasteiger partial charge in [0, 0.05) is 16.5 Å². The summed E-state index contributed by atoms with van der Waals surface area (Å²) >= 11 is 1.74. The maximum absolute atomic E-state index is 13.4. The van der Waals surface area contributed by atoms with E-state index in [-0.39, 0.29) is 24.7 Å². The number of aromatic nitrogens is 1. The number of likely N-dealkylation sites (tertiary alicyclic amines) is 1. The molecule has 0 aliphatic carbocycles. The lowest BCUT2D eigenvalue weighted by atomic mass is 9.83. The Labute approximate surface area is 252 Å². The van der Waals surface area contributed by atoms with E-state index in [1.165, 1.54) is 41.0 Å². The largest absolute Gasteiger partial charge is 0.504 e. The van der Waals surface area contributed by atoms with Gasteiger partial charge < -0.3 is 25.6 Å². The van der Waals surface area contributed by atoms with E-state index in [1.54, 1.807) is 19.9 Å². The first-order valence-corrected chi connectivity index (χ1v) is 14.8. The maximum atomic E-state index is 13.4. The third kappa shape index (κ3) is 5.48. The van der Waals surface area contributed by atoms with Crippen molar-refractivity contribution in [1.82, 2.24) is 9.47 Å². The summed E-state index contributed by atoms with van der Waals surface area (Å²) in [5, 5.41) is 12.1. The number of thiazole rings is 1. The molecule has 15 heteroatoms. The van der Waals surface area contributed by atoms with Gasteiger partial charge >= 0.3 is 16.9 Å². The van der Waals surface area contributed by atoms with Crippen LogP contribution in [0.3, 0.4) is 0 Å². The average Bonchev–Trinajstić information content (AvgIpc) is 3.41. The summed E-state index contributed by atoms with van der Waals surface area (Å²) in [4.78, 5) is 77.2. The van der Waals surface area contributed by atoms with Gasteiger partial charge in [-0.2, -0.15) is 4.90 Å². The van der Waals surface area contributed by atoms with Crippen LogP contribution in [0.1, 0.15) is 40.6 Å². The summed E-state index contributed by atoms with van der Waals surface area (Å²) < 4.78 is 11.7. The van der Waals surface area contributed by atoms with Gasteiger partial charge in [-0.25, -0.2) is 9.59 Å². The number of imide groups is 3. The van der Waals surface area contributed by atoms with Crippen molar-refractivity contribution < 1.29 is 38.6 Å². The van der Waals surface area contributed by atoms with E-state index in [2.05, 4.69) is 5.32 Å². The number of nitrogens with one attached hydrogen (secondary N) is 1. The minimum Gasteiger partial charge on any atom is -0.504 e. The molecule has 1 fully saturated rings. The minimum atomic E-state index is -1.21. The van der Waals surface area contributed by atoms with Crippen LogP contribution >= 0.6 is 23.1 Å². The van der Waals surface area contributed by atoms with Crippen LogP contribution in [-0.2, 0) is 25.7 Å². The Morgan fingerprint density at radius 3 is 2.40 bits per heavy atom. The fourth-order valence-electron chi connectivity index (χ4n) is 5.08. The van der Waals surface area contributed by atoms with Crippen LogP contribution in [0.15, 0.2) is 52.3 Å². The number of nitrogens with two attached hydrogens (primary N) is 1. The summed E-state index contributed by atoms with van der Waals surface area (Å²) in [6.45, 7) is 3.47. The Hall–Kier alpha value is -4.63. The number of aromatic hydroxyl groups is 1. The predicted octanol–water partition coefficient (Wildman–Crippen LogP) is 2.50. The summed E-state index contributed by atoms with van der Waals surface area (Å²) in [6, 6.07) is 9.27. The molecule has 0 spiro atoms. The maximum Gasteiger partial charge on any atom is 0.338 e. The molecule has 2 aliphatic heterocycles. The second-order valence-electron chi connectivity index (χ2n) is 9.52. The Kier molecular flexibility index (Phi) is 8.28. The number of anilines is 1. The summed E-state index contributed by atoms with van der Waals surface area (Å²) in [5.41, 5.74) is 6.51. The molecule has 1 saturated heterocycles. The highest BCUT2D eigenvalue weighted by Gasteiger charge is 2.58. The smallest absolute Gasteiger partial charge is 0.338 e. The number of esters is 1. The molecular formula is C28H26N4O9S2. The first-order chi connectivity index (χ1) is 20.5. The van der Waals surface area contributed by atoms with Gasteiger partial charge in [0.05, 0.1) is 29.7 Å². The number of hydrogen-bond donors (Lipinski definition) is 3. The van der Waals surface area contributed by atoms with Crippen LogP contribution in [0.2, 0.25) is 0 Å². The van der Waals surface area contributed by atoms with E-state index in [0.717, 1.165) is 23.1 Å². The number of nitrogens with zero attached hydrogens (tertiary/aromatic N) is 2. The number of amides is 5. The van der Waals surface area contributed by atoms with E-state index >= 15 is 0 Å². The van der Waals surface area contributed by atoms with Crippen LogP contribution in [0.4, 0.5) is 10.5 Å². The van der Waals surface area contributed by atoms with Crippen molar-refractivity contribution in [2.24, 2.45) is 11.7 Å². The lowest BCUT2D eigenvalue weighted by molar-refractivity contribution is -0.135. The molecule has 5 rings (SSSR count).